The number of nitrogens with zero attached hydrogens (tertiary/aromatic N) is 1. The molecule has 110 valence electrons. The van der Waals surface area contributed by atoms with Gasteiger partial charge in [-0.25, -0.2) is 8.42 Å². The normalized spacial score (nSPS) is 11.2. The molecule has 0 aliphatic rings. The van der Waals surface area contributed by atoms with Crippen LogP contribution in [0.2, 0.25) is 0 Å². The Hall–Kier alpha value is -1.78. The van der Waals surface area contributed by atoms with Crippen LogP contribution in [0.15, 0.2) is 18.2 Å². The standard InChI is InChI=1S/C13H18N2O4S/c1-10(2)19-7-8-20(16,17)15-13-11(9-14)5-4-6-12(13)18-3/h4-6,10,15H,7-8H2,1-3H3. The number of hydrogen-bond acceptors (Lipinski definition) is 5. The Kier molecular flexibility index (Phi) is 5.80. The van der Waals surface area contributed by atoms with Crippen LogP contribution in [0, 0.1) is 11.3 Å². The molecule has 0 saturated carbocycles. The summed E-state index contributed by atoms with van der Waals surface area (Å²) in [4.78, 5) is 0. The molecular formula is C13H18N2O4S. The first-order chi connectivity index (χ1) is 9.39. The first kappa shape index (κ1) is 16.3. The minimum absolute atomic E-state index is 0.0360. The lowest BCUT2D eigenvalue weighted by Crippen LogP contribution is -2.22. The van der Waals surface area contributed by atoms with Crippen molar-refractivity contribution in [1.82, 2.24) is 0 Å². The molecule has 0 aliphatic carbocycles. The molecule has 7 heteroatoms. The van der Waals surface area contributed by atoms with Gasteiger partial charge in [0.05, 0.1) is 31.1 Å². The van der Waals surface area contributed by atoms with Crippen molar-refractivity contribution < 1.29 is 17.9 Å². The second kappa shape index (κ2) is 7.12. The number of rotatable bonds is 7. The Balaban J connectivity index is 2.89. The van der Waals surface area contributed by atoms with E-state index in [1.807, 2.05) is 19.9 Å². The van der Waals surface area contributed by atoms with Gasteiger partial charge in [-0.2, -0.15) is 5.26 Å². The van der Waals surface area contributed by atoms with E-state index in [9.17, 15) is 8.42 Å². The Labute approximate surface area is 119 Å². The molecule has 0 radical (unpaired) electrons. The third-order valence-corrected chi connectivity index (χ3v) is 3.65. The lowest BCUT2D eigenvalue weighted by Gasteiger charge is -2.13. The van der Waals surface area contributed by atoms with E-state index in [0.717, 1.165) is 0 Å². The van der Waals surface area contributed by atoms with Gasteiger partial charge in [-0.05, 0) is 26.0 Å². The molecular weight excluding hydrogens is 280 g/mol. The highest BCUT2D eigenvalue weighted by atomic mass is 32.2. The maximum atomic E-state index is 12.0. The first-order valence-corrected chi connectivity index (χ1v) is 7.74. The number of sulfonamides is 1. The Morgan fingerprint density at radius 1 is 1.40 bits per heavy atom. The van der Waals surface area contributed by atoms with Gasteiger partial charge in [0.2, 0.25) is 10.0 Å². The van der Waals surface area contributed by atoms with E-state index in [1.54, 1.807) is 12.1 Å². The summed E-state index contributed by atoms with van der Waals surface area (Å²) in [5.41, 5.74) is 0.361. The van der Waals surface area contributed by atoms with Crippen molar-refractivity contribution in [1.29, 1.82) is 5.26 Å². The summed E-state index contributed by atoms with van der Waals surface area (Å²) >= 11 is 0. The van der Waals surface area contributed by atoms with E-state index in [-0.39, 0.29) is 29.7 Å². The van der Waals surface area contributed by atoms with Gasteiger partial charge in [0.15, 0.2) is 0 Å². The molecule has 1 aromatic carbocycles. The fourth-order valence-corrected chi connectivity index (χ4v) is 2.44. The quantitative estimate of drug-likeness (QED) is 0.828. The van der Waals surface area contributed by atoms with Gasteiger partial charge in [-0.1, -0.05) is 6.07 Å². The number of anilines is 1. The van der Waals surface area contributed by atoms with Gasteiger partial charge >= 0.3 is 0 Å². The molecule has 0 saturated heterocycles. The van der Waals surface area contributed by atoms with Crippen LogP contribution in [0.5, 0.6) is 5.75 Å². The zero-order valence-electron chi connectivity index (χ0n) is 11.7. The topological polar surface area (TPSA) is 88.4 Å². The van der Waals surface area contributed by atoms with Crippen LogP contribution in [-0.4, -0.2) is 34.0 Å². The predicted octanol–water partition coefficient (Wildman–Crippen LogP) is 1.73. The summed E-state index contributed by atoms with van der Waals surface area (Å²) in [7, 11) is -2.19. The van der Waals surface area contributed by atoms with Crippen LogP contribution in [0.1, 0.15) is 19.4 Å². The van der Waals surface area contributed by atoms with Gasteiger partial charge < -0.3 is 9.47 Å². The summed E-state index contributed by atoms with van der Waals surface area (Å²) in [5.74, 6) is 0.117. The molecule has 0 spiro atoms. The lowest BCUT2D eigenvalue weighted by atomic mass is 10.2. The van der Waals surface area contributed by atoms with Gasteiger partial charge in [-0.15, -0.1) is 0 Å². The van der Waals surface area contributed by atoms with Crippen molar-refractivity contribution in [3.8, 4) is 11.8 Å². The Bertz CT molecular complexity index is 591. The molecule has 0 bridgehead atoms. The van der Waals surface area contributed by atoms with Crippen molar-refractivity contribution >= 4 is 15.7 Å². The van der Waals surface area contributed by atoms with Crippen molar-refractivity contribution in [3.05, 3.63) is 23.8 Å². The number of methoxy groups -OCH3 is 1. The summed E-state index contributed by atoms with van der Waals surface area (Å²) in [6.45, 7) is 3.74. The smallest absolute Gasteiger partial charge is 0.235 e. The molecule has 6 nitrogen and oxygen atoms in total. The van der Waals surface area contributed by atoms with E-state index in [1.165, 1.54) is 13.2 Å². The number of ether oxygens (including phenoxy) is 2. The molecule has 0 unspecified atom stereocenters. The van der Waals surface area contributed by atoms with Crippen molar-refractivity contribution in [2.45, 2.75) is 20.0 Å². The average Bonchev–Trinajstić information content (AvgIpc) is 2.37. The number of benzene rings is 1. The maximum absolute atomic E-state index is 12.0. The second-order valence-electron chi connectivity index (χ2n) is 4.34. The highest BCUT2D eigenvalue weighted by Crippen LogP contribution is 2.28. The van der Waals surface area contributed by atoms with E-state index in [2.05, 4.69) is 4.72 Å². The van der Waals surface area contributed by atoms with Gasteiger partial charge in [0.25, 0.3) is 0 Å². The molecule has 1 aromatic rings. The highest BCUT2D eigenvalue weighted by Gasteiger charge is 2.17. The zero-order valence-corrected chi connectivity index (χ0v) is 12.5. The molecule has 0 atom stereocenters. The van der Waals surface area contributed by atoms with Crippen LogP contribution < -0.4 is 9.46 Å². The molecule has 0 aromatic heterocycles. The molecule has 1 N–H and O–H groups in total. The fourth-order valence-electron chi connectivity index (χ4n) is 1.50. The molecule has 0 heterocycles. The molecule has 1 rings (SSSR count). The average molecular weight is 298 g/mol. The van der Waals surface area contributed by atoms with E-state index < -0.39 is 10.0 Å². The number of para-hydroxylation sites is 1. The van der Waals surface area contributed by atoms with Gasteiger partial charge in [0, 0.05) is 0 Å². The second-order valence-corrected chi connectivity index (χ2v) is 6.18. The van der Waals surface area contributed by atoms with Crippen LogP contribution in [-0.2, 0) is 14.8 Å². The van der Waals surface area contributed by atoms with E-state index in [0.29, 0.717) is 5.75 Å². The van der Waals surface area contributed by atoms with E-state index in [4.69, 9.17) is 14.7 Å². The third kappa shape index (κ3) is 4.72. The first-order valence-electron chi connectivity index (χ1n) is 6.09. The molecule has 20 heavy (non-hydrogen) atoms. The van der Waals surface area contributed by atoms with Crippen LogP contribution in [0.25, 0.3) is 0 Å². The highest BCUT2D eigenvalue weighted by molar-refractivity contribution is 7.92. The minimum Gasteiger partial charge on any atom is -0.495 e. The van der Waals surface area contributed by atoms with Crippen molar-refractivity contribution in [3.63, 3.8) is 0 Å². The fraction of sp³-hybridized carbons (Fsp3) is 0.462. The van der Waals surface area contributed by atoms with Gasteiger partial charge in [-0.3, -0.25) is 4.72 Å². The number of nitrogens with one attached hydrogen (secondary N) is 1. The SMILES string of the molecule is COc1cccc(C#N)c1NS(=O)(=O)CCOC(C)C. The molecule has 0 fully saturated rings. The summed E-state index contributed by atoms with van der Waals surface area (Å²) in [6, 6.07) is 6.66. The maximum Gasteiger partial charge on any atom is 0.235 e. The molecule has 0 amide bonds. The van der Waals surface area contributed by atoms with Gasteiger partial charge in [0.1, 0.15) is 17.5 Å². The van der Waals surface area contributed by atoms with E-state index >= 15 is 0 Å². The summed E-state index contributed by atoms with van der Waals surface area (Å²) in [6.07, 6.45) is -0.0360. The monoisotopic (exact) mass is 298 g/mol. The summed E-state index contributed by atoms with van der Waals surface area (Å²) < 4.78 is 36.6. The van der Waals surface area contributed by atoms with Crippen LogP contribution >= 0.6 is 0 Å². The Morgan fingerprint density at radius 3 is 2.65 bits per heavy atom. The predicted molar refractivity (Wildman–Crippen MR) is 76.2 cm³/mol. The van der Waals surface area contributed by atoms with Crippen molar-refractivity contribution in [2.75, 3.05) is 24.2 Å². The number of nitriles is 1. The summed E-state index contributed by atoms with van der Waals surface area (Å²) in [5, 5.41) is 9.02. The zero-order chi connectivity index (χ0) is 15.2. The van der Waals surface area contributed by atoms with Crippen LogP contribution in [0.4, 0.5) is 5.69 Å². The Morgan fingerprint density at radius 2 is 2.10 bits per heavy atom. The minimum atomic E-state index is -3.60. The molecule has 0 aliphatic heterocycles. The lowest BCUT2D eigenvalue weighted by molar-refractivity contribution is 0.0913. The largest absolute Gasteiger partial charge is 0.495 e. The third-order valence-electron chi connectivity index (χ3n) is 2.43. The number of hydrogen-bond donors (Lipinski definition) is 1. The van der Waals surface area contributed by atoms with Crippen LogP contribution in [0.3, 0.4) is 0 Å². The van der Waals surface area contributed by atoms with Crippen molar-refractivity contribution in [2.24, 2.45) is 0 Å².